The van der Waals surface area contributed by atoms with Gasteiger partial charge in [0.2, 0.25) is 0 Å². The molecule has 5 heteroatoms. The SMILES string of the molecule is CCCCCCCCCCCCCCCC(=O)OC(=O)[C@H](N)CCCN. The molecule has 0 aliphatic rings. The van der Waals surface area contributed by atoms with Crippen molar-refractivity contribution in [2.75, 3.05) is 6.54 Å². The van der Waals surface area contributed by atoms with Crippen molar-refractivity contribution in [3.05, 3.63) is 0 Å². The predicted molar refractivity (Wildman–Crippen MR) is 108 cm³/mol. The fraction of sp³-hybridized carbons (Fsp3) is 0.905. The van der Waals surface area contributed by atoms with Crippen LogP contribution in [-0.4, -0.2) is 24.5 Å². The van der Waals surface area contributed by atoms with Gasteiger partial charge in [0.15, 0.2) is 0 Å². The Balaban J connectivity index is 3.36. The summed E-state index contributed by atoms with van der Waals surface area (Å²) in [6.07, 6.45) is 17.8. The number of carbonyl (C=O) groups is 2. The van der Waals surface area contributed by atoms with Gasteiger partial charge in [-0.15, -0.1) is 0 Å². The van der Waals surface area contributed by atoms with Gasteiger partial charge in [0.1, 0.15) is 6.04 Å². The maximum absolute atomic E-state index is 11.6. The van der Waals surface area contributed by atoms with E-state index in [1.54, 1.807) is 0 Å². The maximum Gasteiger partial charge on any atom is 0.330 e. The molecule has 0 unspecified atom stereocenters. The van der Waals surface area contributed by atoms with Crippen LogP contribution in [0.15, 0.2) is 0 Å². The van der Waals surface area contributed by atoms with Gasteiger partial charge in [0, 0.05) is 6.42 Å². The molecule has 5 nitrogen and oxygen atoms in total. The van der Waals surface area contributed by atoms with Crippen LogP contribution in [0.3, 0.4) is 0 Å². The standard InChI is InChI=1S/C21H42N2O3/c1-2-3-4-5-6-7-8-9-10-11-12-13-14-17-20(24)26-21(25)19(23)16-15-18-22/h19H,2-18,22-23H2,1H3/t19-/m1/s1. The number of nitrogens with two attached hydrogens (primary N) is 2. The molecule has 0 aliphatic heterocycles. The smallest absolute Gasteiger partial charge is 0.330 e. The minimum Gasteiger partial charge on any atom is -0.392 e. The maximum atomic E-state index is 11.6. The molecule has 0 rings (SSSR count). The molecule has 0 aromatic heterocycles. The van der Waals surface area contributed by atoms with Gasteiger partial charge >= 0.3 is 11.9 Å². The highest BCUT2D eigenvalue weighted by atomic mass is 16.6. The summed E-state index contributed by atoms with van der Waals surface area (Å²) in [6, 6.07) is -0.742. The minimum absolute atomic E-state index is 0.299. The molecule has 0 amide bonds. The average Bonchev–Trinajstić information content (AvgIpc) is 2.63. The van der Waals surface area contributed by atoms with Gasteiger partial charge in [-0.25, -0.2) is 4.79 Å². The summed E-state index contributed by atoms with van der Waals surface area (Å²) in [6.45, 7) is 2.73. The lowest BCUT2D eigenvalue weighted by Gasteiger charge is -2.09. The largest absolute Gasteiger partial charge is 0.392 e. The van der Waals surface area contributed by atoms with Gasteiger partial charge in [-0.1, -0.05) is 84.0 Å². The third kappa shape index (κ3) is 16.5. The monoisotopic (exact) mass is 370 g/mol. The summed E-state index contributed by atoms with van der Waals surface area (Å²) >= 11 is 0. The van der Waals surface area contributed by atoms with E-state index < -0.39 is 18.0 Å². The van der Waals surface area contributed by atoms with Crippen LogP contribution in [0, 0.1) is 0 Å². The molecule has 0 bridgehead atoms. The second-order valence-electron chi connectivity index (χ2n) is 7.32. The number of ether oxygens (including phenoxy) is 1. The van der Waals surface area contributed by atoms with Crippen molar-refractivity contribution < 1.29 is 14.3 Å². The normalized spacial score (nSPS) is 12.1. The lowest BCUT2D eigenvalue weighted by Crippen LogP contribution is -2.34. The molecule has 0 aliphatic carbocycles. The highest BCUT2D eigenvalue weighted by molar-refractivity contribution is 5.88. The molecule has 154 valence electrons. The van der Waals surface area contributed by atoms with Crippen LogP contribution in [0.5, 0.6) is 0 Å². The Hall–Kier alpha value is -0.940. The summed E-state index contributed by atoms with van der Waals surface area (Å²) in [5, 5.41) is 0. The van der Waals surface area contributed by atoms with E-state index in [9.17, 15) is 9.59 Å². The number of carbonyl (C=O) groups excluding carboxylic acids is 2. The summed E-state index contributed by atoms with van der Waals surface area (Å²) < 4.78 is 4.77. The molecular formula is C21H42N2O3. The lowest BCUT2D eigenvalue weighted by molar-refractivity contribution is -0.160. The Morgan fingerprint density at radius 1 is 0.769 bits per heavy atom. The second-order valence-corrected chi connectivity index (χ2v) is 7.32. The Morgan fingerprint density at radius 3 is 1.69 bits per heavy atom. The Bertz CT molecular complexity index is 348. The quantitative estimate of drug-likeness (QED) is 0.209. The van der Waals surface area contributed by atoms with Crippen LogP contribution in [0.1, 0.15) is 110 Å². The van der Waals surface area contributed by atoms with E-state index in [0.29, 0.717) is 25.8 Å². The van der Waals surface area contributed by atoms with Crippen LogP contribution in [-0.2, 0) is 14.3 Å². The molecule has 26 heavy (non-hydrogen) atoms. The molecular weight excluding hydrogens is 328 g/mol. The van der Waals surface area contributed by atoms with Crippen LogP contribution in [0.2, 0.25) is 0 Å². The van der Waals surface area contributed by atoms with E-state index in [1.165, 1.54) is 64.2 Å². The number of unbranched alkanes of at least 4 members (excludes halogenated alkanes) is 12. The Labute approximate surface area is 160 Å². The van der Waals surface area contributed by atoms with Crippen LogP contribution in [0.25, 0.3) is 0 Å². The summed E-state index contributed by atoms with van der Waals surface area (Å²) in [5.41, 5.74) is 11.0. The topological polar surface area (TPSA) is 95.4 Å². The van der Waals surface area contributed by atoms with Crippen LogP contribution in [0.4, 0.5) is 0 Å². The summed E-state index contributed by atoms with van der Waals surface area (Å²) in [7, 11) is 0. The number of hydrogen-bond acceptors (Lipinski definition) is 5. The summed E-state index contributed by atoms with van der Waals surface area (Å²) in [5.74, 6) is -1.08. The van der Waals surface area contributed by atoms with Crippen molar-refractivity contribution in [2.24, 2.45) is 11.5 Å². The number of esters is 2. The fourth-order valence-electron chi connectivity index (χ4n) is 2.98. The zero-order valence-corrected chi connectivity index (χ0v) is 17.0. The Morgan fingerprint density at radius 2 is 1.23 bits per heavy atom. The highest BCUT2D eigenvalue weighted by Crippen LogP contribution is 2.13. The zero-order valence-electron chi connectivity index (χ0n) is 17.0. The second kappa shape index (κ2) is 18.8. The molecule has 4 N–H and O–H groups in total. The van der Waals surface area contributed by atoms with E-state index in [-0.39, 0.29) is 0 Å². The van der Waals surface area contributed by atoms with E-state index in [4.69, 9.17) is 16.2 Å². The van der Waals surface area contributed by atoms with Crippen molar-refractivity contribution in [3.63, 3.8) is 0 Å². The van der Waals surface area contributed by atoms with Gasteiger partial charge in [0.05, 0.1) is 0 Å². The first kappa shape index (κ1) is 25.1. The van der Waals surface area contributed by atoms with Crippen LogP contribution >= 0.6 is 0 Å². The van der Waals surface area contributed by atoms with Crippen molar-refractivity contribution in [3.8, 4) is 0 Å². The van der Waals surface area contributed by atoms with Crippen LogP contribution < -0.4 is 11.5 Å². The molecule has 0 aromatic rings. The van der Waals surface area contributed by atoms with E-state index in [2.05, 4.69) is 6.92 Å². The predicted octanol–water partition coefficient (Wildman–Crippen LogP) is 4.60. The van der Waals surface area contributed by atoms with Crippen molar-refractivity contribution >= 4 is 11.9 Å². The van der Waals surface area contributed by atoms with Gasteiger partial charge in [-0.2, -0.15) is 0 Å². The molecule has 0 aromatic carbocycles. The third-order valence-corrected chi connectivity index (χ3v) is 4.72. The number of rotatable bonds is 18. The van der Waals surface area contributed by atoms with E-state index in [1.807, 2.05) is 0 Å². The first-order chi connectivity index (χ1) is 12.6. The molecule has 0 saturated heterocycles. The van der Waals surface area contributed by atoms with Crippen molar-refractivity contribution in [1.29, 1.82) is 0 Å². The van der Waals surface area contributed by atoms with E-state index in [0.717, 1.165) is 19.3 Å². The number of hydrogen-bond donors (Lipinski definition) is 2. The first-order valence-corrected chi connectivity index (χ1v) is 10.8. The van der Waals surface area contributed by atoms with Crippen molar-refractivity contribution in [1.82, 2.24) is 0 Å². The zero-order chi connectivity index (χ0) is 19.5. The molecule has 0 saturated carbocycles. The van der Waals surface area contributed by atoms with Crippen molar-refractivity contribution in [2.45, 2.75) is 116 Å². The van der Waals surface area contributed by atoms with E-state index >= 15 is 0 Å². The van der Waals surface area contributed by atoms with Gasteiger partial charge in [-0.3, -0.25) is 4.79 Å². The van der Waals surface area contributed by atoms with Gasteiger partial charge < -0.3 is 16.2 Å². The average molecular weight is 371 g/mol. The van der Waals surface area contributed by atoms with Gasteiger partial charge in [0.25, 0.3) is 0 Å². The van der Waals surface area contributed by atoms with Gasteiger partial charge in [-0.05, 0) is 25.8 Å². The molecule has 0 fully saturated rings. The molecule has 0 radical (unpaired) electrons. The summed E-state index contributed by atoms with van der Waals surface area (Å²) in [4.78, 5) is 23.2. The minimum atomic E-state index is -0.742. The molecule has 1 atom stereocenters. The lowest BCUT2D eigenvalue weighted by atomic mass is 10.0. The third-order valence-electron chi connectivity index (χ3n) is 4.72. The first-order valence-electron chi connectivity index (χ1n) is 10.8. The Kier molecular flexibility index (Phi) is 18.2. The fourth-order valence-corrected chi connectivity index (χ4v) is 2.98. The highest BCUT2D eigenvalue weighted by Gasteiger charge is 2.17. The molecule has 0 heterocycles. The molecule has 0 spiro atoms.